The van der Waals surface area contributed by atoms with Crippen LogP contribution < -0.4 is 11.1 Å². The lowest BCUT2D eigenvalue weighted by molar-refractivity contribution is -0.236. The Morgan fingerprint density at radius 3 is 2.60 bits per heavy atom. The normalized spacial score (nSPS) is 50.3. The highest BCUT2D eigenvalue weighted by Crippen LogP contribution is 2.71. The second kappa shape index (κ2) is 6.49. The summed E-state index contributed by atoms with van der Waals surface area (Å²) in [5.41, 5.74) is 4.20. The van der Waals surface area contributed by atoms with E-state index in [1.54, 1.807) is 12.5 Å². The zero-order valence-corrected chi connectivity index (χ0v) is 18.3. The molecule has 166 valence electrons. The van der Waals surface area contributed by atoms with Gasteiger partial charge in [-0.1, -0.05) is 13.8 Å². The Kier molecular flexibility index (Phi) is 4.41. The highest BCUT2D eigenvalue weighted by Gasteiger charge is 2.72. The number of furan rings is 1. The lowest BCUT2D eigenvalue weighted by atomic mass is 9.42. The van der Waals surface area contributed by atoms with Gasteiger partial charge in [-0.3, -0.25) is 5.41 Å². The topological polar surface area (TPSA) is 116 Å². The Morgan fingerprint density at radius 1 is 1.10 bits per heavy atom. The first kappa shape index (κ1) is 20.4. The molecule has 1 heterocycles. The fourth-order valence-electron chi connectivity index (χ4n) is 8.56. The van der Waals surface area contributed by atoms with E-state index in [1.165, 1.54) is 0 Å². The molecule has 0 spiro atoms. The molecule has 4 saturated carbocycles. The van der Waals surface area contributed by atoms with Gasteiger partial charge in [0.2, 0.25) is 0 Å². The second-order valence-corrected chi connectivity index (χ2v) is 11.2. The first-order chi connectivity index (χ1) is 14.1. The number of hydrogen-bond donors (Lipinski definition) is 5. The van der Waals surface area contributed by atoms with Crippen molar-refractivity contribution >= 4 is 5.96 Å². The third-order valence-corrected chi connectivity index (χ3v) is 10.4. The Labute approximate surface area is 179 Å². The number of fused-ring (bicyclic) bond motifs is 5. The summed E-state index contributed by atoms with van der Waals surface area (Å²) in [6, 6.07) is 2.16. The smallest absolute Gasteiger partial charge is 0.185 e. The Hall–Kier alpha value is -1.53. The third kappa shape index (κ3) is 2.46. The maximum absolute atomic E-state index is 12.2. The van der Waals surface area contributed by atoms with Crippen LogP contribution in [0.1, 0.15) is 77.2 Å². The van der Waals surface area contributed by atoms with Crippen molar-refractivity contribution in [2.75, 3.05) is 0 Å². The highest BCUT2D eigenvalue weighted by molar-refractivity contribution is 5.74. The minimum absolute atomic E-state index is 0.0736. The molecule has 0 bridgehead atoms. The van der Waals surface area contributed by atoms with Gasteiger partial charge in [-0.15, -0.1) is 0 Å². The van der Waals surface area contributed by atoms with Gasteiger partial charge in [0.05, 0.1) is 18.1 Å². The van der Waals surface area contributed by atoms with Crippen LogP contribution in [0, 0.1) is 34.0 Å². The van der Waals surface area contributed by atoms with Gasteiger partial charge in [-0.25, -0.2) is 0 Å². The molecule has 5 rings (SSSR count). The molecule has 6 heteroatoms. The molecule has 6 nitrogen and oxygen atoms in total. The molecule has 0 aliphatic heterocycles. The summed E-state index contributed by atoms with van der Waals surface area (Å²) in [5.74, 6) is 1.39. The van der Waals surface area contributed by atoms with E-state index in [0.29, 0.717) is 30.7 Å². The summed E-state index contributed by atoms with van der Waals surface area (Å²) in [6.07, 6.45) is 11.8. The SMILES string of the molecule is C[C@]12CCC(NC(=N)N)C[C@H]1CC[C@@H]1[C@@H]2CC[C@]2(C)[C@@](O)(c3ccoc3)CC[C@]12O. The van der Waals surface area contributed by atoms with Crippen LogP contribution in [-0.2, 0) is 5.60 Å². The van der Waals surface area contributed by atoms with E-state index in [2.05, 4.69) is 19.2 Å². The number of rotatable bonds is 2. The van der Waals surface area contributed by atoms with Gasteiger partial charge in [0.1, 0.15) is 5.60 Å². The van der Waals surface area contributed by atoms with Gasteiger partial charge in [0.15, 0.2) is 5.96 Å². The van der Waals surface area contributed by atoms with E-state index in [9.17, 15) is 10.2 Å². The zero-order chi connectivity index (χ0) is 21.4. The third-order valence-electron chi connectivity index (χ3n) is 10.4. The Morgan fingerprint density at radius 2 is 1.90 bits per heavy atom. The van der Waals surface area contributed by atoms with Gasteiger partial charge in [0, 0.05) is 17.0 Å². The number of hydrogen-bond acceptors (Lipinski definition) is 4. The summed E-state index contributed by atoms with van der Waals surface area (Å²) in [6.45, 7) is 4.56. The van der Waals surface area contributed by atoms with E-state index in [4.69, 9.17) is 15.6 Å². The van der Waals surface area contributed by atoms with E-state index in [1.807, 2.05) is 6.07 Å². The van der Waals surface area contributed by atoms with Crippen LogP contribution in [-0.4, -0.2) is 27.8 Å². The van der Waals surface area contributed by atoms with E-state index in [0.717, 1.165) is 50.5 Å². The van der Waals surface area contributed by atoms with Gasteiger partial charge in [0.25, 0.3) is 0 Å². The summed E-state index contributed by atoms with van der Waals surface area (Å²) < 4.78 is 5.31. The predicted octanol–water partition coefficient (Wildman–Crippen LogP) is 3.48. The van der Waals surface area contributed by atoms with Crippen LogP contribution in [0.15, 0.2) is 23.0 Å². The van der Waals surface area contributed by atoms with Gasteiger partial charge >= 0.3 is 0 Å². The van der Waals surface area contributed by atoms with Crippen molar-refractivity contribution in [3.05, 3.63) is 24.2 Å². The maximum atomic E-state index is 12.2. The Balaban J connectivity index is 1.44. The van der Waals surface area contributed by atoms with Crippen LogP contribution in [0.2, 0.25) is 0 Å². The van der Waals surface area contributed by atoms with E-state index >= 15 is 0 Å². The van der Waals surface area contributed by atoms with Crippen LogP contribution in [0.3, 0.4) is 0 Å². The molecule has 4 aliphatic rings. The largest absolute Gasteiger partial charge is 0.472 e. The minimum atomic E-state index is -1.03. The molecule has 0 amide bonds. The van der Waals surface area contributed by atoms with Crippen molar-refractivity contribution in [1.82, 2.24) is 5.32 Å². The molecule has 1 unspecified atom stereocenters. The van der Waals surface area contributed by atoms with Crippen molar-refractivity contribution in [3.63, 3.8) is 0 Å². The zero-order valence-electron chi connectivity index (χ0n) is 18.3. The fraction of sp³-hybridized carbons (Fsp3) is 0.792. The predicted molar refractivity (Wildman–Crippen MR) is 115 cm³/mol. The molecule has 4 fully saturated rings. The summed E-state index contributed by atoms with van der Waals surface area (Å²) in [4.78, 5) is 0. The minimum Gasteiger partial charge on any atom is -0.472 e. The average molecular weight is 416 g/mol. The van der Waals surface area contributed by atoms with Crippen LogP contribution in [0.5, 0.6) is 0 Å². The molecule has 30 heavy (non-hydrogen) atoms. The molecule has 1 aromatic rings. The molecule has 0 saturated heterocycles. The van der Waals surface area contributed by atoms with Crippen molar-refractivity contribution in [2.24, 2.45) is 34.3 Å². The van der Waals surface area contributed by atoms with E-state index < -0.39 is 16.6 Å². The quantitative estimate of drug-likeness (QED) is 0.375. The molecule has 1 aromatic heterocycles. The first-order valence-electron chi connectivity index (χ1n) is 11.7. The van der Waals surface area contributed by atoms with Gasteiger partial charge in [-0.05, 0) is 87.0 Å². The number of nitrogens with two attached hydrogens (primary N) is 1. The highest BCUT2D eigenvalue weighted by atomic mass is 16.3. The molecule has 6 N–H and O–H groups in total. The average Bonchev–Trinajstić information content (AvgIpc) is 3.30. The molecule has 8 atom stereocenters. The monoisotopic (exact) mass is 415 g/mol. The molecular formula is C24H37N3O3. The van der Waals surface area contributed by atoms with Crippen molar-refractivity contribution in [2.45, 2.75) is 88.9 Å². The number of guanidine groups is 1. The Bertz CT molecular complexity index is 828. The molecule has 4 aliphatic carbocycles. The summed E-state index contributed by atoms with van der Waals surface area (Å²) in [5, 5.41) is 34.8. The van der Waals surface area contributed by atoms with Crippen LogP contribution >= 0.6 is 0 Å². The molecule has 0 aromatic carbocycles. The fourth-order valence-corrected chi connectivity index (χ4v) is 8.56. The van der Waals surface area contributed by atoms with Crippen molar-refractivity contribution in [1.29, 1.82) is 5.41 Å². The van der Waals surface area contributed by atoms with E-state index in [-0.39, 0.29) is 17.3 Å². The second-order valence-electron chi connectivity index (χ2n) is 11.2. The maximum Gasteiger partial charge on any atom is 0.185 e. The lowest BCUT2D eigenvalue weighted by Crippen LogP contribution is -2.64. The van der Waals surface area contributed by atoms with Crippen LogP contribution in [0.25, 0.3) is 0 Å². The van der Waals surface area contributed by atoms with Gasteiger partial charge in [-0.2, -0.15) is 0 Å². The van der Waals surface area contributed by atoms with Crippen LogP contribution in [0.4, 0.5) is 0 Å². The lowest BCUT2D eigenvalue weighted by Gasteiger charge is -2.64. The standard InChI is InChI=1S/C24H37N3O3/c1-21-8-5-17(27-20(25)26)13-15(21)3-4-19-18(21)6-9-22(2)23(28,10-11-24(19,22)29)16-7-12-30-14-16/h7,12,14-15,17-19,28-29H,3-6,8-11,13H2,1-2H3,(H4,25,26,27)/t15-,17?,18+,19-,21+,22-,23+,24+/m1/s1. The first-order valence-corrected chi connectivity index (χ1v) is 11.7. The van der Waals surface area contributed by atoms with Crippen molar-refractivity contribution in [3.8, 4) is 0 Å². The van der Waals surface area contributed by atoms with Crippen molar-refractivity contribution < 1.29 is 14.6 Å². The molecular weight excluding hydrogens is 378 g/mol. The summed E-state index contributed by atoms with van der Waals surface area (Å²) >= 11 is 0. The molecule has 0 radical (unpaired) electrons. The van der Waals surface area contributed by atoms with Gasteiger partial charge < -0.3 is 25.7 Å². The number of nitrogens with one attached hydrogen (secondary N) is 2. The number of aliphatic hydroxyl groups is 2. The summed E-state index contributed by atoms with van der Waals surface area (Å²) in [7, 11) is 0.